The molecule has 7 nitrogen and oxygen atoms in total. The summed E-state index contributed by atoms with van der Waals surface area (Å²) in [5.41, 5.74) is 0.379. The van der Waals surface area contributed by atoms with E-state index in [2.05, 4.69) is 22.0 Å². The first-order valence-corrected chi connectivity index (χ1v) is 11.1. The fourth-order valence-corrected chi connectivity index (χ4v) is 5.64. The largest absolute Gasteiger partial charge is 0.377 e. The second kappa shape index (κ2) is 9.68. The van der Waals surface area contributed by atoms with Crippen LogP contribution >= 0.6 is 24.0 Å². The number of rotatable bonds is 5. The second-order valence-electron chi connectivity index (χ2n) is 9.12. The number of aliphatic imine (C=N–C) groups is 1. The van der Waals surface area contributed by atoms with Crippen LogP contribution in [0, 0.1) is 11.3 Å². The Morgan fingerprint density at radius 3 is 2.55 bits per heavy atom. The van der Waals surface area contributed by atoms with Gasteiger partial charge in [0.1, 0.15) is 0 Å². The topological polar surface area (TPSA) is 60.4 Å². The monoisotopic (exact) mass is 519 g/mol. The summed E-state index contributed by atoms with van der Waals surface area (Å²) >= 11 is 0. The summed E-state index contributed by atoms with van der Waals surface area (Å²) in [7, 11) is 3.66. The van der Waals surface area contributed by atoms with Gasteiger partial charge in [-0.1, -0.05) is 6.42 Å². The van der Waals surface area contributed by atoms with Crippen molar-refractivity contribution in [1.29, 1.82) is 0 Å². The van der Waals surface area contributed by atoms with Crippen LogP contribution in [0.5, 0.6) is 0 Å². The van der Waals surface area contributed by atoms with Crippen LogP contribution in [0.25, 0.3) is 0 Å². The van der Waals surface area contributed by atoms with Gasteiger partial charge in [0.25, 0.3) is 0 Å². The normalized spacial score (nSPS) is 30.8. The van der Waals surface area contributed by atoms with Gasteiger partial charge in [-0.05, 0) is 26.2 Å². The highest BCUT2D eigenvalue weighted by atomic mass is 127. The molecular formula is C21H38IN5O2. The average molecular weight is 519 g/mol. The zero-order valence-electron chi connectivity index (χ0n) is 18.2. The van der Waals surface area contributed by atoms with Gasteiger partial charge in [0, 0.05) is 83.8 Å². The van der Waals surface area contributed by atoms with Crippen molar-refractivity contribution in [1.82, 2.24) is 20.0 Å². The fraction of sp³-hybridized carbons (Fsp3) is 0.905. The lowest BCUT2D eigenvalue weighted by molar-refractivity contribution is -0.171. The molecule has 166 valence electrons. The predicted octanol–water partition coefficient (Wildman–Crippen LogP) is 1.62. The molecule has 0 bridgehead atoms. The molecule has 3 atom stereocenters. The first kappa shape index (κ1) is 23.1. The van der Waals surface area contributed by atoms with Crippen LogP contribution in [0.15, 0.2) is 4.99 Å². The molecule has 1 spiro atoms. The Morgan fingerprint density at radius 2 is 1.97 bits per heavy atom. The number of fused-ring (bicyclic) bond motifs is 2. The first-order valence-electron chi connectivity index (χ1n) is 11.1. The van der Waals surface area contributed by atoms with E-state index in [1.165, 1.54) is 25.7 Å². The Kier molecular flexibility index (Phi) is 7.70. The highest BCUT2D eigenvalue weighted by Gasteiger charge is 2.66. The molecule has 2 heterocycles. The van der Waals surface area contributed by atoms with Gasteiger partial charge in [-0.25, -0.2) is 0 Å². The number of amides is 1. The molecule has 8 heteroatoms. The maximum Gasteiger partial charge on any atom is 0.223 e. The Balaban J connectivity index is 0.00000240. The molecule has 4 aliphatic rings. The molecule has 0 radical (unpaired) electrons. The number of guanidine groups is 1. The van der Waals surface area contributed by atoms with Crippen molar-refractivity contribution in [3.05, 3.63) is 0 Å². The van der Waals surface area contributed by atoms with E-state index in [9.17, 15) is 4.79 Å². The zero-order chi connectivity index (χ0) is 19.7. The van der Waals surface area contributed by atoms with Crippen LogP contribution in [-0.4, -0.2) is 98.7 Å². The number of hydrogen-bond donors (Lipinski definition) is 1. The van der Waals surface area contributed by atoms with Crippen molar-refractivity contribution < 1.29 is 9.53 Å². The van der Waals surface area contributed by atoms with Crippen molar-refractivity contribution >= 4 is 35.8 Å². The summed E-state index contributed by atoms with van der Waals surface area (Å²) in [6.07, 6.45) is 6.24. The molecule has 0 aromatic heterocycles. The van der Waals surface area contributed by atoms with E-state index in [0.717, 1.165) is 51.8 Å². The molecule has 2 aliphatic heterocycles. The molecule has 2 saturated carbocycles. The van der Waals surface area contributed by atoms with E-state index in [-0.39, 0.29) is 29.9 Å². The fourth-order valence-electron chi connectivity index (χ4n) is 5.64. The molecule has 4 fully saturated rings. The highest BCUT2D eigenvalue weighted by molar-refractivity contribution is 14.0. The van der Waals surface area contributed by atoms with Crippen LogP contribution in [0.3, 0.4) is 0 Å². The van der Waals surface area contributed by atoms with Gasteiger partial charge in [0.15, 0.2) is 5.96 Å². The minimum Gasteiger partial charge on any atom is -0.377 e. The lowest BCUT2D eigenvalue weighted by Crippen LogP contribution is -2.73. The molecule has 29 heavy (non-hydrogen) atoms. The van der Waals surface area contributed by atoms with Crippen LogP contribution < -0.4 is 5.32 Å². The Morgan fingerprint density at radius 1 is 1.24 bits per heavy atom. The number of halogens is 1. The van der Waals surface area contributed by atoms with E-state index < -0.39 is 0 Å². The minimum absolute atomic E-state index is 0. The Bertz CT molecular complexity index is 602. The van der Waals surface area contributed by atoms with E-state index in [1.807, 2.05) is 14.1 Å². The highest BCUT2D eigenvalue weighted by Crippen LogP contribution is 2.62. The summed E-state index contributed by atoms with van der Waals surface area (Å²) in [4.78, 5) is 23.2. The zero-order valence-corrected chi connectivity index (χ0v) is 20.6. The molecule has 2 aliphatic carbocycles. The third kappa shape index (κ3) is 4.39. The average Bonchev–Trinajstić information content (AvgIpc) is 3.07. The lowest BCUT2D eigenvalue weighted by Gasteiger charge is -2.63. The minimum atomic E-state index is 0. The van der Waals surface area contributed by atoms with E-state index >= 15 is 0 Å². The SMILES string of the molecule is CCN=C(NC1C2CCOC2C12CCC2)N1CCN(CCC(=O)N(C)C)CC1.I. The van der Waals surface area contributed by atoms with Gasteiger partial charge in [-0.15, -0.1) is 24.0 Å². The number of carbonyl (C=O) groups is 1. The van der Waals surface area contributed by atoms with E-state index in [0.29, 0.717) is 29.9 Å². The van der Waals surface area contributed by atoms with Crippen molar-refractivity contribution in [2.75, 3.05) is 60.0 Å². The quantitative estimate of drug-likeness (QED) is 0.340. The number of carbonyl (C=O) groups excluding carboxylic acids is 1. The number of ether oxygens (including phenoxy) is 1. The molecule has 3 unspecified atom stereocenters. The summed E-state index contributed by atoms with van der Waals surface area (Å²) < 4.78 is 6.07. The van der Waals surface area contributed by atoms with Crippen LogP contribution in [-0.2, 0) is 9.53 Å². The van der Waals surface area contributed by atoms with E-state index in [4.69, 9.17) is 9.73 Å². The van der Waals surface area contributed by atoms with Crippen molar-refractivity contribution in [2.24, 2.45) is 16.3 Å². The van der Waals surface area contributed by atoms with E-state index in [1.54, 1.807) is 4.90 Å². The van der Waals surface area contributed by atoms with Gasteiger partial charge >= 0.3 is 0 Å². The molecular weight excluding hydrogens is 481 g/mol. The molecule has 1 N–H and O–H groups in total. The van der Waals surface area contributed by atoms with Crippen molar-refractivity contribution in [2.45, 2.75) is 51.2 Å². The number of hydrogen-bond acceptors (Lipinski definition) is 4. The maximum absolute atomic E-state index is 11.8. The summed E-state index contributed by atoms with van der Waals surface area (Å²) in [6.45, 7) is 8.66. The summed E-state index contributed by atoms with van der Waals surface area (Å²) in [5.74, 6) is 1.97. The van der Waals surface area contributed by atoms with Gasteiger partial charge in [-0.2, -0.15) is 0 Å². The smallest absolute Gasteiger partial charge is 0.223 e. The maximum atomic E-state index is 11.8. The summed E-state index contributed by atoms with van der Waals surface area (Å²) in [6, 6.07) is 0.537. The Labute approximate surface area is 192 Å². The van der Waals surface area contributed by atoms with Gasteiger partial charge in [0.2, 0.25) is 5.91 Å². The molecule has 0 aromatic carbocycles. The van der Waals surface area contributed by atoms with Crippen molar-refractivity contribution in [3.8, 4) is 0 Å². The predicted molar refractivity (Wildman–Crippen MR) is 126 cm³/mol. The van der Waals surface area contributed by atoms with Crippen LogP contribution in [0.2, 0.25) is 0 Å². The lowest BCUT2D eigenvalue weighted by atomic mass is 9.46. The van der Waals surface area contributed by atoms with Crippen LogP contribution in [0.4, 0.5) is 0 Å². The number of nitrogens with zero attached hydrogens (tertiary/aromatic N) is 4. The first-order chi connectivity index (χ1) is 13.5. The molecule has 0 aromatic rings. The molecule has 2 saturated heterocycles. The summed E-state index contributed by atoms with van der Waals surface area (Å²) in [5, 5.41) is 3.88. The third-order valence-corrected chi connectivity index (χ3v) is 7.44. The second-order valence-corrected chi connectivity index (χ2v) is 9.12. The van der Waals surface area contributed by atoms with Crippen molar-refractivity contribution in [3.63, 3.8) is 0 Å². The number of piperazine rings is 1. The van der Waals surface area contributed by atoms with Gasteiger partial charge in [-0.3, -0.25) is 14.7 Å². The molecule has 1 amide bonds. The Hall–Kier alpha value is -0.610. The molecule has 4 rings (SSSR count). The van der Waals surface area contributed by atoms with Gasteiger partial charge in [0.05, 0.1) is 6.10 Å². The third-order valence-electron chi connectivity index (χ3n) is 7.44. The number of nitrogens with one attached hydrogen (secondary N) is 1. The van der Waals surface area contributed by atoms with Gasteiger partial charge < -0.3 is 19.9 Å². The standard InChI is InChI=1S/C21H37N5O2.HI/c1-4-22-20(23-18-16-7-15-28-19(16)21(18)8-5-9-21)26-13-11-25(12-14-26)10-6-17(27)24(2)3;/h16,18-19H,4-15H2,1-3H3,(H,22,23);1H. The van der Waals surface area contributed by atoms with Crippen LogP contribution in [0.1, 0.15) is 39.0 Å².